The van der Waals surface area contributed by atoms with E-state index in [0.29, 0.717) is 6.04 Å². The van der Waals surface area contributed by atoms with Gasteiger partial charge >= 0.3 is 0 Å². The lowest BCUT2D eigenvalue weighted by Gasteiger charge is -2.16. The molecular formula is C18H21IN4. The second kappa shape index (κ2) is 6.86. The minimum absolute atomic E-state index is 0.365. The maximum Gasteiger partial charge on any atom is 0.157 e. The Balaban J connectivity index is 1.70. The van der Waals surface area contributed by atoms with Crippen molar-refractivity contribution in [2.75, 3.05) is 5.32 Å². The van der Waals surface area contributed by atoms with E-state index in [9.17, 15) is 0 Å². The highest BCUT2D eigenvalue weighted by Crippen LogP contribution is 2.16. The van der Waals surface area contributed by atoms with Crippen molar-refractivity contribution in [3.8, 4) is 0 Å². The Kier molecular flexibility index (Phi) is 4.84. The molecule has 3 aromatic rings. The van der Waals surface area contributed by atoms with Crippen LogP contribution in [0.4, 0.5) is 5.82 Å². The molecule has 0 radical (unpaired) electrons. The lowest BCUT2D eigenvalue weighted by Crippen LogP contribution is -2.18. The van der Waals surface area contributed by atoms with Crippen LogP contribution in [-0.4, -0.2) is 20.6 Å². The Morgan fingerprint density at radius 2 is 1.87 bits per heavy atom. The Hall–Kier alpha value is -1.63. The van der Waals surface area contributed by atoms with Gasteiger partial charge in [0.2, 0.25) is 0 Å². The standard InChI is InChI=1S/C18H21IN4/c1-12(4-5-15-6-8-16(19)9-7-15)20-17-10-13(2)21-18-11-14(3)22-23(17)18/h6-12,20H,4-5H2,1-3H3. The first-order valence-corrected chi connectivity index (χ1v) is 8.94. The minimum Gasteiger partial charge on any atom is -0.367 e. The summed E-state index contributed by atoms with van der Waals surface area (Å²) in [7, 11) is 0. The molecular weight excluding hydrogens is 399 g/mol. The smallest absolute Gasteiger partial charge is 0.157 e. The van der Waals surface area contributed by atoms with E-state index in [0.717, 1.165) is 35.7 Å². The molecule has 1 unspecified atom stereocenters. The van der Waals surface area contributed by atoms with Crippen molar-refractivity contribution in [1.29, 1.82) is 0 Å². The van der Waals surface area contributed by atoms with Gasteiger partial charge in [0.1, 0.15) is 5.82 Å². The number of anilines is 1. The summed E-state index contributed by atoms with van der Waals surface area (Å²) in [5.41, 5.74) is 4.27. The van der Waals surface area contributed by atoms with Crippen LogP contribution in [0.1, 0.15) is 30.3 Å². The summed E-state index contributed by atoms with van der Waals surface area (Å²) in [5, 5.41) is 8.11. The number of halogens is 1. The van der Waals surface area contributed by atoms with Gasteiger partial charge in [0, 0.05) is 27.4 Å². The monoisotopic (exact) mass is 420 g/mol. The minimum atomic E-state index is 0.365. The molecule has 0 amide bonds. The fraction of sp³-hybridized carbons (Fsp3) is 0.333. The van der Waals surface area contributed by atoms with Crippen LogP contribution in [0.5, 0.6) is 0 Å². The van der Waals surface area contributed by atoms with E-state index >= 15 is 0 Å². The highest BCUT2D eigenvalue weighted by molar-refractivity contribution is 14.1. The van der Waals surface area contributed by atoms with E-state index in [4.69, 9.17) is 0 Å². The maximum absolute atomic E-state index is 4.53. The third-order valence-electron chi connectivity index (χ3n) is 3.85. The Bertz CT molecular complexity index is 808. The van der Waals surface area contributed by atoms with Gasteiger partial charge in [0.05, 0.1) is 5.69 Å². The molecule has 23 heavy (non-hydrogen) atoms. The van der Waals surface area contributed by atoms with Crippen LogP contribution in [-0.2, 0) is 6.42 Å². The van der Waals surface area contributed by atoms with Gasteiger partial charge in [-0.05, 0) is 73.9 Å². The van der Waals surface area contributed by atoms with Gasteiger partial charge in [-0.3, -0.25) is 0 Å². The molecule has 1 atom stereocenters. The van der Waals surface area contributed by atoms with Crippen LogP contribution in [0.15, 0.2) is 36.4 Å². The molecule has 2 heterocycles. The Morgan fingerprint density at radius 3 is 2.61 bits per heavy atom. The summed E-state index contributed by atoms with van der Waals surface area (Å²) >= 11 is 2.34. The van der Waals surface area contributed by atoms with Gasteiger partial charge < -0.3 is 5.32 Å². The predicted octanol–water partition coefficient (Wildman–Crippen LogP) is 4.38. The number of hydrogen-bond donors (Lipinski definition) is 1. The quantitative estimate of drug-likeness (QED) is 0.623. The third kappa shape index (κ3) is 4.02. The van der Waals surface area contributed by atoms with Crippen molar-refractivity contribution < 1.29 is 0 Å². The molecule has 0 fully saturated rings. The number of nitrogens with one attached hydrogen (secondary N) is 1. The second-order valence-electron chi connectivity index (χ2n) is 6.05. The van der Waals surface area contributed by atoms with Crippen LogP contribution in [0.2, 0.25) is 0 Å². The molecule has 3 rings (SSSR count). The van der Waals surface area contributed by atoms with E-state index in [-0.39, 0.29) is 0 Å². The van der Waals surface area contributed by atoms with Gasteiger partial charge in [0.25, 0.3) is 0 Å². The van der Waals surface area contributed by atoms with Crippen LogP contribution in [0, 0.1) is 17.4 Å². The lowest BCUT2D eigenvalue weighted by atomic mass is 10.1. The van der Waals surface area contributed by atoms with Crippen LogP contribution in [0.3, 0.4) is 0 Å². The van der Waals surface area contributed by atoms with Crippen LogP contribution >= 0.6 is 22.6 Å². The van der Waals surface area contributed by atoms with Gasteiger partial charge in [-0.1, -0.05) is 12.1 Å². The molecule has 0 aliphatic heterocycles. The third-order valence-corrected chi connectivity index (χ3v) is 4.57. The van der Waals surface area contributed by atoms with Gasteiger partial charge in [-0.2, -0.15) is 9.61 Å². The summed E-state index contributed by atoms with van der Waals surface area (Å²) < 4.78 is 3.17. The molecule has 1 aromatic carbocycles. The summed E-state index contributed by atoms with van der Waals surface area (Å²) in [4.78, 5) is 4.53. The molecule has 0 saturated carbocycles. The number of aryl methyl sites for hydroxylation is 3. The number of fused-ring (bicyclic) bond motifs is 1. The SMILES string of the molecule is Cc1cc(NC(C)CCc2ccc(I)cc2)n2nc(C)cc2n1. The first kappa shape index (κ1) is 16.2. The average molecular weight is 420 g/mol. The zero-order valence-corrected chi connectivity index (χ0v) is 15.8. The normalized spacial score (nSPS) is 12.5. The number of hydrogen-bond acceptors (Lipinski definition) is 3. The summed E-state index contributed by atoms with van der Waals surface area (Å²) in [5.74, 6) is 1.01. The van der Waals surface area contributed by atoms with E-state index in [1.165, 1.54) is 9.13 Å². The summed E-state index contributed by atoms with van der Waals surface area (Å²) in [6, 6.07) is 13.2. The average Bonchev–Trinajstić information content (AvgIpc) is 2.87. The molecule has 0 spiro atoms. The Morgan fingerprint density at radius 1 is 1.13 bits per heavy atom. The highest BCUT2D eigenvalue weighted by Gasteiger charge is 2.09. The fourth-order valence-corrected chi connectivity index (χ4v) is 3.04. The zero-order chi connectivity index (χ0) is 16.4. The highest BCUT2D eigenvalue weighted by atomic mass is 127. The largest absolute Gasteiger partial charge is 0.367 e. The van der Waals surface area contributed by atoms with Crippen molar-refractivity contribution in [2.45, 2.75) is 39.7 Å². The topological polar surface area (TPSA) is 42.2 Å². The van der Waals surface area contributed by atoms with Crippen molar-refractivity contribution in [3.63, 3.8) is 0 Å². The van der Waals surface area contributed by atoms with Gasteiger partial charge in [-0.25, -0.2) is 4.98 Å². The molecule has 4 nitrogen and oxygen atoms in total. The lowest BCUT2D eigenvalue weighted by molar-refractivity contribution is 0.696. The molecule has 1 N–H and O–H groups in total. The van der Waals surface area contributed by atoms with Gasteiger partial charge in [-0.15, -0.1) is 0 Å². The molecule has 0 saturated heterocycles. The first-order chi connectivity index (χ1) is 11.0. The van der Waals surface area contributed by atoms with Crippen molar-refractivity contribution in [2.24, 2.45) is 0 Å². The Labute approximate surface area is 150 Å². The van der Waals surface area contributed by atoms with Crippen LogP contribution in [0.25, 0.3) is 5.65 Å². The number of benzene rings is 1. The molecule has 0 bridgehead atoms. The van der Waals surface area contributed by atoms with Gasteiger partial charge in [0.15, 0.2) is 5.65 Å². The van der Waals surface area contributed by atoms with E-state index in [1.807, 2.05) is 24.4 Å². The molecule has 0 aliphatic carbocycles. The predicted molar refractivity (Wildman–Crippen MR) is 103 cm³/mol. The summed E-state index contributed by atoms with van der Waals surface area (Å²) in [6.45, 7) is 6.22. The van der Waals surface area contributed by atoms with Crippen molar-refractivity contribution >= 4 is 34.1 Å². The number of nitrogens with zero attached hydrogens (tertiary/aromatic N) is 3. The van der Waals surface area contributed by atoms with Crippen molar-refractivity contribution in [3.05, 3.63) is 56.9 Å². The molecule has 0 aliphatic rings. The molecule has 2 aromatic heterocycles. The van der Waals surface area contributed by atoms with Crippen LogP contribution < -0.4 is 5.32 Å². The maximum atomic E-state index is 4.53. The van der Waals surface area contributed by atoms with E-state index in [2.05, 4.69) is 75.2 Å². The fourth-order valence-electron chi connectivity index (χ4n) is 2.68. The van der Waals surface area contributed by atoms with E-state index in [1.54, 1.807) is 0 Å². The second-order valence-corrected chi connectivity index (χ2v) is 7.29. The summed E-state index contributed by atoms with van der Waals surface area (Å²) in [6.07, 6.45) is 2.14. The molecule has 5 heteroatoms. The van der Waals surface area contributed by atoms with Crippen molar-refractivity contribution in [1.82, 2.24) is 14.6 Å². The number of aromatic nitrogens is 3. The number of rotatable bonds is 5. The molecule has 120 valence electrons. The van der Waals surface area contributed by atoms with E-state index < -0.39 is 0 Å². The zero-order valence-electron chi connectivity index (χ0n) is 13.7. The first-order valence-electron chi connectivity index (χ1n) is 7.86.